The van der Waals surface area contributed by atoms with Crippen molar-refractivity contribution in [2.75, 3.05) is 7.11 Å². The Morgan fingerprint density at radius 3 is 3.07 bits per heavy atom. The predicted molar refractivity (Wildman–Crippen MR) is 94.2 cm³/mol. The summed E-state index contributed by atoms with van der Waals surface area (Å²) in [5.41, 5.74) is 1.00. The third kappa shape index (κ3) is 3.33. The second-order valence-electron chi connectivity index (χ2n) is 6.37. The Kier molecular flexibility index (Phi) is 4.66. The standard InChI is InChI=1S/C16H20N6O4S/c1-3-12-11-7-10(8-17-16(11)26-20-12)27(23,24)21-13-5-4-6-22-15(13)18-14(19-22)9-25-2/h7-8,13,21H,3-6,9H2,1-2H3/t13-/m0/s1. The Hall–Kier alpha value is -2.37. The van der Waals surface area contributed by atoms with Gasteiger partial charge in [0, 0.05) is 13.7 Å². The van der Waals surface area contributed by atoms with Gasteiger partial charge in [-0.1, -0.05) is 12.1 Å². The number of aromatic nitrogens is 5. The fourth-order valence-corrected chi connectivity index (χ4v) is 4.42. The molecule has 10 nitrogen and oxygen atoms in total. The molecule has 0 fully saturated rings. The SMILES string of the molecule is CCc1noc2ncc(S(=O)(=O)N[C@H]3CCCn4nc(COC)nc43)cc12. The summed E-state index contributed by atoms with van der Waals surface area (Å²) >= 11 is 0. The van der Waals surface area contributed by atoms with Crippen LogP contribution in [0.25, 0.3) is 11.1 Å². The first kappa shape index (κ1) is 18.0. The number of hydrogen-bond donors (Lipinski definition) is 1. The van der Waals surface area contributed by atoms with E-state index in [0.717, 1.165) is 6.42 Å². The molecule has 3 aromatic heterocycles. The average molecular weight is 392 g/mol. The number of sulfonamides is 1. The van der Waals surface area contributed by atoms with Crippen LogP contribution in [0.3, 0.4) is 0 Å². The molecule has 4 heterocycles. The molecule has 3 aromatic rings. The molecule has 11 heteroatoms. The van der Waals surface area contributed by atoms with Crippen LogP contribution in [0.15, 0.2) is 21.7 Å². The van der Waals surface area contributed by atoms with Crippen molar-refractivity contribution in [3.63, 3.8) is 0 Å². The van der Waals surface area contributed by atoms with E-state index in [9.17, 15) is 8.42 Å². The van der Waals surface area contributed by atoms with E-state index in [1.165, 1.54) is 6.20 Å². The van der Waals surface area contributed by atoms with Crippen LogP contribution < -0.4 is 4.72 Å². The molecule has 0 bridgehead atoms. The highest BCUT2D eigenvalue weighted by atomic mass is 32.2. The van der Waals surface area contributed by atoms with E-state index in [0.29, 0.717) is 47.8 Å². The monoisotopic (exact) mass is 392 g/mol. The van der Waals surface area contributed by atoms with Crippen molar-refractivity contribution in [3.8, 4) is 0 Å². The van der Waals surface area contributed by atoms with Crippen molar-refractivity contribution in [1.82, 2.24) is 29.6 Å². The highest BCUT2D eigenvalue weighted by Gasteiger charge is 2.29. The molecule has 0 amide bonds. The fraction of sp³-hybridized carbons (Fsp3) is 0.500. The first-order valence-corrected chi connectivity index (χ1v) is 10.2. The molecule has 0 saturated carbocycles. The molecule has 1 atom stereocenters. The second kappa shape index (κ2) is 6.98. The first-order valence-electron chi connectivity index (χ1n) is 8.71. The molecule has 0 unspecified atom stereocenters. The van der Waals surface area contributed by atoms with Gasteiger partial charge in [0.05, 0.1) is 23.3 Å². The number of methoxy groups -OCH3 is 1. The number of aryl methyl sites for hydroxylation is 2. The molecule has 1 aliphatic rings. The predicted octanol–water partition coefficient (Wildman–Crippen LogP) is 1.34. The molecule has 0 saturated heterocycles. The van der Waals surface area contributed by atoms with E-state index in [-0.39, 0.29) is 11.5 Å². The second-order valence-corrected chi connectivity index (χ2v) is 8.08. The zero-order valence-corrected chi connectivity index (χ0v) is 15.9. The Morgan fingerprint density at radius 1 is 1.44 bits per heavy atom. The number of fused-ring (bicyclic) bond motifs is 2. The van der Waals surface area contributed by atoms with Crippen LogP contribution in [-0.2, 0) is 34.3 Å². The van der Waals surface area contributed by atoms with E-state index in [1.807, 2.05) is 6.92 Å². The van der Waals surface area contributed by atoms with E-state index < -0.39 is 16.1 Å². The van der Waals surface area contributed by atoms with E-state index in [1.54, 1.807) is 17.9 Å². The van der Waals surface area contributed by atoms with Crippen LogP contribution in [0.4, 0.5) is 0 Å². The van der Waals surface area contributed by atoms with Crippen LogP contribution in [-0.4, -0.2) is 40.4 Å². The Labute approximate surface area is 156 Å². The maximum Gasteiger partial charge on any atom is 0.258 e. The van der Waals surface area contributed by atoms with Gasteiger partial charge in [0.25, 0.3) is 5.71 Å². The number of hydrogen-bond acceptors (Lipinski definition) is 8. The summed E-state index contributed by atoms with van der Waals surface area (Å²) in [5, 5.41) is 8.89. The molecule has 0 aliphatic carbocycles. The number of ether oxygens (including phenoxy) is 1. The summed E-state index contributed by atoms with van der Waals surface area (Å²) in [6.07, 6.45) is 3.35. The zero-order chi connectivity index (χ0) is 19.0. The maximum absolute atomic E-state index is 12.9. The Bertz CT molecular complexity index is 1070. The maximum atomic E-state index is 12.9. The van der Waals surface area contributed by atoms with E-state index in [2.05, 4.69) is 24.9 Å². The van der Waals surface area contributed by atoms with Gasteiger partial charge in [0.15, 0.2) is 5.82 Å². The van der Waals surface area contributed by atoms with Crippen LogP contribution in [0.1, 0.15) is 43.1 Å². The highest BCUT2D eigenvalue weighted by molar-refractivity contribution is 7.89. The third-order valence-electron chi connectivity index (χ3n) is 4.51. The number of nitrogens with zero attached hydrogens (tertiary/aromatic N) is 5. The Morgan fingerprint density at radius 2 is 2.30 bits per heavy atom. The Balaban J connectivity index is 1.64. The lowest BCUT2D eigenvalue weighted by Crippen LogP contribution is -2.33. The van der Waals surface area contributed by atoms with Crippen molar-refractivity contribution in [1.29, 1.82) is 0 Å². The summed E-state index contributed by atoms with van der Waals surface area (Å²) in [6.45, 7) is 2.91. The van der Waals surface area contributed by atoms with Crippen molar-refractivity contribution >= 4 is 21.1 Å². The van der Waals surface area contributed by atoms with Crippen molar-refractivity contribution in [3.05, 3.63) is 29.6 Å². The molecule has 0 aromatic carbocycles. The smallest absolute Gasteiger partial charge is 0.258 e. The summed E-state index contributed by atoms with van der Waals surface area (Å²) in [5.74, 6) is 1.14. The van der Waals surface area contributed by atoms with E-state index in [4.69, 9.17) is 9.26 Å². The van der Waals surface area contributed by atoms with E-state index >= 15 is 0 Å². The molecular weight excluding hydrogens is 372 g/mol. The molecule has 0 spiro atoms. The third-order valence-corrected chi connectivity index (χ3v) is 5.95. The number of pyridine rings is 1. The zero-order valence-electron chi connectivity index (χ0n) is 15.0. The summed E-state index contributed by atoms with van der Waals surface area (Å²) in [7, 11) is -2.23. The van der Waals surface area contributed by atoms with Gasteiger partial charge in [-0.05, 0) is 25.3 Å². The van der Waals surface area contributed by atoms with Gasteiger partial charge in [-0.3, -0.25) is 0 Å². The topological polar surface area (TPSA) is 125 Å². The quantitative estimate of drug-likeness (QED) is 0.666. The van der Waals surface area contributed by atoms with Gasteiger partial charge >= 0.3 is 0 Å². The van der Waals surface area contributed by atoms with Crippen molar-refractivity contribution in [2.24, 2.45) is 0 Å². The summed E-state index contributed by atoms with van der Waals surface area (Å²) in [6, 6.07) is 1.09. The molecule has 1 N–H and O–H groups in total. The fourth-order valence-electron chi connectivity index (χ4n) is 3.22. The minimum atomic E-state index is -3.79. The normalized spacial score (nSPS) is 17.3. The molecule has 1 aliphatic heterocycles. The van der Waals surface area contributed by atoms with Gasteiger partial charge < -0.3 is 9.26 Å². The number of nitrogens with one attached hydrogen (secondary N) is 1. The lowest BCUT2D eigenvalue weighted by atomic mass is 10.1. The molecule has 27 heavy (non-hydrogen) atoms. The van der Waals surface area contributed by atoms with Gasteiger partial charge in [-0.2, -0.15) is 5.10 Å². The largest absolute Gasteiger partial charge is 0.377 e. The minimum Gasteiger partial charge on any atom is -0.377 e. The first-order chi connectivity index (χ1) is 13.0. The van der Waals surface area contributed by atoms with Gasteiger partial charge in [0.1, 0.15) is 17.3 Å². The van der Waals surface area contributed by atoms with Crippen molar-refractivity contribution < 1.29 is 17.7 Å². The van der Waals surface area contributed by atoms with Crippen LogP contribution in [0, 0.1) is 0 Å². The van der Waals surface area contributed by atoms with Crippen LogP contribution >= 0.6 is 0 Å². The summed E-state index contributed by atoms with van der Waals surface area (Å²) in [4.78, 5) is 8.58. The number of rotatable bonds is 6. The van der Waals surface area contributed by atoms with Crippen molar-refractivity contribution in [2.45, 2.75) is 50.3 Å². The van der Waals surface area contributed by atoms with Crippen LogP contribution in [0.5, 0.6) is 0 Å². The van der Waals surface area contributed by atoms with Gasteiger partial charge in [-0.15, -0.1) is 0 Å². The lowest BCUT2D eigenvalue weighted by Gasteiger charge is -2.22. The molecule has 144 valence electrons. The average Bonchev–Trinajstić information content (AvgIpc) is 3.25. The molecule has 4 rings (SSSR count). The van der Waals surface area contributed by atoms with Gasteiger partial charge in [-0.25, -0.2) is 27.8 Å². The molecule has 0 radical (unpaired) electrons. The highest BCUT2D eigenvalue weighted by Crippen LogP contribution is 2.26. The van der Waals surface area contributed by atoms with Gasteiger partial charge in [0.2, 0.25) is 10.0 Å². The lowest BCUT2D eigenvalue weighted by molar-refractivity contribution is 0.177. The minimum absolute atomic E-state index is 0.0710. The molecular formula is C16H20N6O4S. The summed E-state index contributed by atoms with van der Waals surface area (Å²) < 4.78 is 40.5. The van der Waals surface area contributed by atoms with Crippen LogP contribution in [0.2, 0.25) is 0 Å².